The topological polar surface area (TPSA) is 49.4 Å². The molecule has 1 atom stereocenters. The van der Waals surface area contributed by atoms with E-state index in [1.807, 2.05) is 13.0 Å². The number of benzene rings is 1. The third-order valence-electron chi connectivity index (χ3n) is 3.17. The number of likely N-dealkylation sites (N-methyl/N-ethyl adjacent to an activating group) is 1. The molecule has 18 heavy (non-hydrogen) atoms. The smallest absolute Gasteiger partial charge is 0.251 e. The van der Waals surface area contributed by atoms with Crippen molar-refractivity contribution in [3.05, 3.63) is 33.8 Å². The summed E-state index contributed by atoms with van der Waals surface area (Å²) < 4.78 is 0.894. The first-order valence-electron chi connectivity index (χ1n) is 5.81. The van der Waals surface area contributed by atoms with Gasteiger partial charge in [0, 0.05) is 23.6 Å². The van der Waals surface area contributed by atoms with Crippen LogP contribution >= 0.6 is 15.9 Å². The largest absolute Gasteiger partial charge is 0.344 e. The molecule has 1 aromatic carbocycles. The van der Waals surface area contributed by atoms with Crippen LogP contribution in [0.15, 0.2) is 22.7 Å². The number of aryl methyl sites for hydroxylation is 1. The molecule has 0 aromatic heterocycles. The van der Waals surface area contributed by atoms with E-state index in [0.717, 1.165) is 10.0 Å². The maximum Gasteiger partial charge on any atom is 0.251 e. The van der Waals surface area contributed by atoms with Gasteiger partial charge in [-0.25, -0.2) is 0 Å². The molecule has 0 aliphatic carbocycles. The SMILES string of the molecule is Cc1ccc(C(=O)NC2CCN(C)C2=O)cc1Br. The highest BCUT2D eigenvalue weighted by Crippen LogP contribution is 2.18. The van der Waals surface area contributed by atoms with Gasteiger partial charge in [0.25, 0.3) is 5.91 Å². The number of nitrogens with zero attached hydrogens (tertiary/aromatic N) is 1. The van der Waals surface area contributed by atoms with E-state index < -0.39 is 0 Å². The number of halogens is 1. The standard InChI is InChI=1S/C13H15BrN2O2/c1-8-3-4-9(7-10(8)14)12(17)15-11-5-6-16(2)13(11)18/h3-4,7,11H,5-6H2,1-2H3,(H,15,17). The maximum atomic E-state index is 12.0. The Balaban J connectivity index is 2.08. The van der Waals surface area contributed by atoms with Gasteiger partial charge in [-0.05, 0) is 31.0 Å². The Morgan fingerprint density at radius 1 is 1.50 bits per heavy atom. The van der Waals surface area contributed by atoms with Crippen LogP contribution in [0.5, 0.6) is 0 Å². The Labute approximate surface area is 114 Å². The molecule has 1 fully saturated rings. The molecule has 0 radical (unpaired) electrons. The number of nitrogens with one attached hydrogen (secondary N) is 1. The number of likely N-dealkylation sites (tertiary alicyclic amines) is 1. The Kier molecular flexibility index (Phi) is 3.71. The molecule has 2 rings (SSSR count). The molecule has 1 saturated heterocycles. The first-order chi connectivity index (χ1) is 8.49. The second kappa shape index (κ2) is 5.10. The van der Waals surface area contributed by atoms with Crippen LogP contribution in [-0.2, 0) is 4.79 Å². The Bertz CT molecular complexity index is 502. The summed E-state index contributed by atoms with van der Waals surface area (Å²) in [7, 11) is 1.75. The van der Waals surface area contributed by atoms with E-state index in [4.69, 9.17) is 0 Å². The lowest BCUT2D eigenvalue weighted by atomic mass is 10.1. The molecule has 0 spiro atoms. The zero-order valence-electron chi connectivity index (χ0n) is 10.4. The monoisotopic (exact) mass is 310 g/mol. The van der Waals surface area contributed by atoms with Crippen molar-refractivity contribution < 1.29 is 9.59 Å². The minimum Gasteiger partial charge on any atom is -0.344 e. The van der Waals surface area contributed by atoms with Crippen molar-refractivity contribution >= 4 is 27.7 Å². The third kappa shape index (κ3) is 2.56. The maximum absolute atomic E-state index is 12.0. The molecule has 96 valence electrons. The van der Waals surface area contributed by atoms with Crippen molar-refractivity contribution in [2.24, 2.45) is 0 Å². The lowest BCUT2D eigenvalue weighted by Gasteiger charge is -2.12. The first-order valence-corrected chi connectivity index (χ1v) is 6.60. The van der Waals surface area contributed by atoms with Crippen molar-refractivity contribution in [3.63, 3.8) is 0 Å². The van der Waals surface area contributed by atoms with Crippen LogP contribution in [0.1, 0.15) is 22.3 Å². The molecule has 1 aromatic rings. The average Bonchev–Trinajstić information content (AvgIpc) is 2.64. The summed E-state index contributed by atoms with van der Waals surface area (Å²) in [5, 5.41) is 2.77. The van der Waals surface area contributed by atoms with Crippen molar-refractivity contribution in [2.45, 2.75) is 19.4 Å². The van der Waals surface area contributed by atoms with Crippen LogP contribution in [-0.4, -0.2) is 36.3 Å². The van der Waals surface area contributed by atoms with Crippen LogP contribution in [0, 0.1) is 6.92 Å². The number of carbonyl (C=O) groups is 2. The zero-order chi connectivity index (χ0) is 13.3. The molecule has 5 heteroatoms. The van der Waals surface area contributed by atoms with E-state index in [-0.39, 0.29) is 17.9 Å². The molecular formula is C13H15BrN2O2. The lowest BCUT2D eigenvalue weighted by Crippen LogP contribution is -2.40. The van der Waals surface area contributed by atoms with E-state index in [2.05, 4.69) is 21.2 Å². The molecule has 0 saturated carbocycles. The second-order valence-electron chi connectivity index (χ2n) is 4.54. The molecule has 1 aliphatic rings. The molecular weight excluding hydrogens is 296 g/mol. The number of hydrogen-bond donors (Lipinski definition) is 1. The number of hydrogen-bond acceptors (Lipinski definition) is 2. The second-order valence-corrected chi connectivity index (χ2v) is 5.39. The molecule has 4 nitrogen and oxygen atoms in total. The predicted molar refractivity (Wildman–Crippen MR) is 72.4 cm³/mol. The van der Waals surface area contributed by atoms with Gasteiger partial charge in [0.15, 0.2) is 0 Å². The highest BCUT2D eigenvalue weighted by atomic mass is 79.9. The van der Waals surface area contributed by atoms with Crippen molar-refractivity contribution in [2.75, 3.05) is 13.6 Å². The Hall–Kier alpha value is -1.36. The number of amides is 2. The molecule has 1 N–H and O–H groups in total. The van der Waals surface area contributed by atoms with Gasteiger partial charge in [-0.3, -0.25) is 9.59 Å². The minimum absolute atomic E-state index is 0.0190. The predicted octanol–water partition coefficient (Wildman–Crippen LogP) is 1.72. The fourth-order valence-electron chi connectivity index (χ4n) is 1.93. The van der Waals surface area contributed by atoms with Crippen LogP contribution < -0.4 is 5.32 Å². The highest BCUT2D eigenvalue weighted by Gasteiger charge is 2.30. The molecule has 0 bridgehead atoms. The van der Waals surface area contributed by atoms with E-state index >= 15 is 0 Å². The summed E-state index contributed by atoms with van der Waals surface area (Å²) in [6, 6.07) is 5.02. The number of rotatable bonds is 2. The van der Waals surface area contributed by atoms with Gasteiger partial charge in [-0.2, -0.15) is 0 Å². The summed E-state index contributed by atoms with van der Waals surface area (Å²) in [4.78, 5) is 25.3. The van der Waals surface area contributed by atoms with Gasteiger partial charge in [-0.15, -0.1) is 0 Å². The lowest BCUT2D eigenvalue weighted by molar-refractivity contribution is -0.128. The highest BCUT2D eigenvalue weighted by molar-refractivity contribution is 9.10. The van der Waals surface area contributed by atoms with Gasteiger partial charge in [0.1, 0.15) is 6.04 Å². The van der Waals surface area contributed by atoms with E-state index in [0.29, 0.717) is 18.5 Å². The quantitative estimate of drug-likeness (QED) is 0.904. The van der Waals surface area contributed by atoms with Gasteiger partial charge in [-0.1, -0.05) is 22.0 Å². The zero-order valence-corrected chi connectivity index (χ0v) is 12.0. The fourth-order valence-corrected chi connectivity index (χ4v) is 2.31. The summed E-state index contributed by atoms with van der Waals surface area (Å²) in [6.45, 7) is 2.66. The van der Waals surface area contributed by atoms with Gasteiger partial charge in [0.2, 0.25) is 5.91 Å². The van der Waals surface area contributed by atoms with Crippen LogP contribution in [0.3, 0.4) is 0 Å². The fraction of sp³-hybridized carbons (Fsp3) is 0.385. The Morgan fingerprint density at radius 2 is 2.22 bits per heavy atom. The third-order valence-corrected chi connectivity index (χ3v) is 4.02. The van der Waals surface area contributed by atoms with E-state index in [1.165, 1.54) is 0 Å². The van der Waals surface area contributed by atoms with Gasteiger partial charge >= 0.3 is 0 Å². The van der Waals surface area contributed by atoms with Crippen molar-refractivity contribution in [3.8, 4) is 0 Å². The normalized spacial score (nSPS) is 19.2. The minimum atomic E-state index is -0.387. The molecule has 1 aliphatic heterocycles. The Morgan fingerprint density at radius 3 is 2.78 bits per heavy atom. The average molecular weight is 311 g/mol. The van der Waals surface area contributed by atoms with Crippen LogP contribution in [0.25, 0.3) is 0 Å². The van der Waals surface area contributed by atoms with Crippen molar-refractivity contribution in [1.29, 1.82) is 0 Å². The molecule has 1 unspecified atom stereocenters. The van der Waals surface area contributed by atoms with Crippen LogP contribution in [0.2, 0.25) is 0 Å². The summed E-state index contributed by atoms with van der Waals surface area (Å²) >= 11 is 3.39. The molecule has 2 amide bonds. The van der Waals surface area contributed by atoms with E-state index in [9.17, 15) is 9.59 Å². The van der Waals surface area contributed by atoms with E-state index in [1.54, 1.807) is 24.1 Å². The van der Waals surface area contributed by atoms with Crippen molar-refractivity contribution in [1.82, 2.24) is 10.2 Å². The first kappa shape index (κ1) is 13.1. The molecule has 1 heterocycles. The van der Waals surface area contributed by atoms with Gasteiger partial charge < -0.3 is 10.2 Å². The number of carbonyl (C=O) groups excluding carboxylic acids is 2. The summed E-state index contributed by atoms with van der Waals surface area (Å²) in [5.41, 5.74) is 1.64. The summed E-state index contributed by atoms with van der Waals surface area (Å²) in [6.07, 6.45) is 0.675. The van der Waals surface area contributed by atoms with Gasteiger partial charge in [0.05, 0.1) is 0 Å². The van der Waals surface area contributed by atoms with Crippen LogP contribution in [0.4, 0.5) is 0 Å². The summed E-state index contributed by atoms with van der Waals surface area (Å²) in [5.74, 6) is -0.223.